The van der Waals surface area contributed by atoms with Gasteiger partial charge in [-0.2, -0.15) is 0 Å². The van der Waals surface area contributed by atoms with Crippen LogP contribution in [-0.4, -0.2) is 56.9 Å². The van der Waals surface area contributed by atoms with E-state index in [2.05, 4.69) is 26.6 Å². The molecule has 2 aromatic carbocycles. The number of aryl methyl sites for hydroxylation is 1. The molecule has 0 aromatic heterocycles. The molecule has 7 heteroatoms. The van der Waals surface area contributed by atoms with Gasteiger partial charge in [0.05, 0.1) is 19.8 Å². The zero-order chi connectivity index (χ0) is 21.9. The third-order valence-electron chi connectivity index (χ3n) is 5.17. The van der Waals surface area contributed by atoms with Crippen molar-refractivity contribution in [1.82, 2.24) is 15.5 Å². The van der Waals surface area contributed by atoms with E-state index in [0.717, 1.165) is 56.3 Å². The van der Waals surface area contributed by atoms with Crippen molar-refractivity contribution in [2.45, 2.75) is 26.9 Å². The molecule has 0 radical (unpaired) electrons. The first-order valence-electron chi connectivity index (χ1n) is 10.9. The van der Waals surface area contributed by atoms with Gasteiger partial charge >= 0.3 is 0 Å². The molecule has 0 unspecified atom stereocenters. The fourth-order valence-electron chi connectivity index (χ4n) is 3.40. The highest BCUT2D eigenvalue weighted by atomic mass is 19.1. The van der Waals surface area contributed by atoms with E-state index in [4.69, 9.17) is 9.47 Å². The Morgan fingerprint density at radius 2 is 1.97 bits per heavy atom. The molecule has 0 aliphatic carbocycles. The van der Waals surface area contributed by atoms with Crippen LogP contribution in [0, 0.1) is 12.7 Å². The van der Waals surface area contributed by atoms with Crippen LogP contribution in [0.15, 0.2) is 47.5 Å². The topological polar surface area (TPSA) is 58.1 Å². The highest BCUT2D eigenvalue weighted by Gasteiger charge is 2.11. The average molecular weight is 429 g/mol. The first-order valence-corrected chi connectivity index (χ1v) is 10.9. The van der Waals surface area contributed by atoms with Gasteiger partial charge in [-0.05, 0) is 37.1 Å². The molecule has 0 atom stereocenters. The zero-order valence-electron chi connectivity index (χ0n) is 18.5. The number of guanidine groups is 1. The van der Waals surface area contributed by atoms with Crippen molar-refractivity contribution in [2.24, 2.45) is 4.99 Å². The second kappa shape index (κ2) is 12.3. The maximum atomic E-state index is 13.5. The second-order valence-corrected chi connectivity index (χ2v) is 7.54. The minimum atomic E-state index is -0.192. The maximum Gasteiger partial charge on any atom is 0.191 e. The molecule has 2 N–H and O–H groups in total. The minimum absolute atomic E-state index is 0.192. The van der Waals surface area contributed by atoms with Crippen LogP contribution in [-0.2, 0) is 17.8 Å². The lowest BCUT2D eigenvalue weighted by molar-refractivity contribution is 0.0322. The summed E-state index contributed by atoms with van der Waals surface area (Å²) in [6.07, 6.45) is 0. The highest BCUT2D eigenvalue weighted by Crippen LogP contribution is 2.18. The standard InChI is InChI=1S/C24H33FN4O2/c1-3-26-24(27-17-20-8-9-22(25)19(2)16-20)28-18-21-6-4-5-7-23(21)31-15-12-29-10-13-30-14-11-29/h4-9,16H,3,10-15,17-18H2,1-2H3,(H2,26,27,28). The minimum Gasteiger partial charge on any atom is -0.492 e. The lowest BCUT2D eigenvalue weighted by Gasteiger charge is -2.26. The van der Waals surface area contributed by atoms with Crippen molar-refractivity contribution >= 4 is 5.96 Å². The molecule has 168 valence electrons. The number of para-hydroxylation sites is 1. The van der Waals surface area contributed by atoms with Crippen molar-refractivity contribution in [2.75, 3.05) is 46.0 Å². The molecule has 0 bridgehead atoms. The lowest BCUT2D eigenvalue weighted by Crippen LogP contribution is -2.38. The average Bonchev–Trinajstić information content (AvgIpc) is 2.79. The van der Waals surface area contributed by atoms with Crippen LogP contribution in [0.2, 0.25) is 0 Å². The van der Waals surface area contributed by atoms with E-state index in [1.165, 1.54) is 6.07 Å². The van der Waals surface area contributed by atoms with Crippen LogP contribution in [0.3, 0.4) is 0 Å². The summed E-state index contributed by atoms with van der Waals surface area (Å²) < 4.78 is 24.9. The van der Waals surface area contributed by atoms with Gasteiger partial charge in [-0.3, -0.25) is 4.90 Å². The van der Waals surface area contributed by atoms with Gasteiger partial charge in [0.1, 0.15) is 18.2 Å². The van der Waals surface area contributed by atoms with E-state index in [1.807, 2.05) is 31.2 Å². The van der Waals surface area contributed by atoms with Gasteiger partial charge < -0.3 is 20.1 Å². The Balaban J connectivity index is 1.55. The summed E-state index contributed by atoms with van der Waals surface area (Å²) in [7, 11) is 0. The zero-order valence-corrected chi connectivity index (χ0v) is 18.5. The van der Waals surface area contributed by atoms with E-state index < -0.39 is 0 Å². The maximum absolute atomic E-state index is 13.5. The Morgan fingerprint density at radius 3 is 2.74 bits per heavy atom. The highest BCUT2D eigenvalue weighted by molar-refractivity contribution is 5.79. The molecule has 1 heterocycles. The number of halogens is 1. The number of nitrogens with zero attached hydrogens (tertiary/aromatic N) is 2. The quantitative estimate of drug-likeness (QED) is 0.475. The summed E-state index contributed by atoms with van der Waals surface area (Å²) in [5.41, 5.74) is 2.68. The van der Waals surface area contributed by atoms with Crippen LogP contribution in [0.4, 0.5) is 4.39 Å². The van der Waals surface area contributed by atoms with Crippen molar-refractivity contribution in [3.63, 3.8) is 0 Å². The van der Waals surface area contributed by atoms with E-state index in [9.17, 15) is 4.39 Å². The molecular formula is C24H33FN4O2. The lowest BCUT2D eigenvalue weighted by atomic mass is 10.1. The van der Waals surface area contributed by atoms with Crippen LogP contribution >= 0.6 is 0 Å². The molecule has 1 fully saturated rings. The molecule has 3 rings (SSSR count). The van der Waals surface area contributed by atoms with E-state index in [-0.39, 0.29) is 5.82 Å². The van der Waals surface area contributed by atoms with Gasteiger partial charge in [0, 0.05) is 38.3 Å². The Labute approximate surface area is 184 Å². The summed E-state index contributed by atoms with van der Waals surface area (Å²) in [5, 5.41) is 6.63. The first-order chi connectivity index (χ1) is 15.2. The van der Waals surface area contributed by atoms with E-state index >= 15 is 0 Å². The number of benzene rings is 2. The largest absolute Gasteiger partial charge is 0.492 e. The molecule has 1 aliphatic heterocycles. The Hall–Kier alpha value is -2.64. The van der Waals surface area contributed by atoms with Gasteiger partial charge in [-0.15, -0.1) is 0 Å². The summed E-state index contributed by atoms with van der Waals surface area (Å²) in [6, 6.07) is 13.2. The number of hydrogen-bond acceptors (Lipinski definition) is 4. The molecular weight excluding hydrogens is 395 g/mol. The summed E-state index contributed by atoms with van der Waals surface area (Å²) in [5.74, 6) is 1.41. The van der Waals surface area contributed by atoms with E-state index in [0.29, 0.717) is 31.2 Å². The fraction of sp³-hybridized carbons (Fsp3) is 0.458. The molecule has 6 nitrogen and oxygen atoms in total. The van der Waals surface area contributed by atoms with Crippen LogP contribution in [0.25, 0.3) is 0 Å². The van der Waals surface area contributed by atoms with Crippen LogP contribution in [0.5, 0.6) is 5.75 Å². The van der Waals surface area contributed by atoms with Gasteiger partial charge in [0.25, 0.3) is 0 Å². The molecule has 0 saturated carbocycles. The Morgan fingerprint density at radius 1 is 1.16 bits per heavy atom. The predicted octanol–water partition coefficient (Wildman–Crippen LogP) is 3.10. The molecule has 0 spiro atoms. The van der Waals surface area contributed by atoms with Crippen LogP contribution < -0.4 is 15.4 Å². The Kier molecular flexibility index (Phi) is 9.12. The number of rotatable bonds is 9. The first kappa shape index (κ1) is 23.0. The van der Waals surface area contributed by atoms with Crippen molar-refractivity contribution in [3.05, 3.63) is 65.0 Å². The van der Waals surface area contributed by atoms with Gasteiger partial charge in [0.15, 0.2) is 5.96 Å². The third kappa shape index (κ3) is 7.52. The smallest absolute Gasteiger partial charge is 0.191 e. The molecule has 1 saturated heterocycles. The van der Waals surface area contributed by atoms with Crippen LogP contribution in [0.1, 0.15) is 23.6 Å². The summed E-state index contributed by atoms with van der Waals surface area (Å²) in [6.45, 7) is 10.7. The summed E-state index contributed by atoms with van der Waals surface area (Å²) >= 11 is 0. The number of ether oxygens (including phenoxy) is 2. The number of nitrogens with one attached hydrogen (secondary N) is 2. The van der Waals surface area contributed by atoms with Crippen molar-refractivity contribution in [1.29, 1.82) is 0 Å². The molecule has 31 heavy (non-hydrogen) atoms. The van der Waals surface area contributed by atoms with Crippen molar-refractivity contribution < 1.29 is 13.9 Å². The molecule has 2 aromatic rings. The number of hydrogen-bond donors (Lipinski definition) is 2. The molecule has 0 amide bonds. The monoisotopic (exact) mass is 428 g/mol. The number of morpholine rings is 1. The van der Waals surface area contributed by atoms with Crippen molar-refractivity contribution in [3.8, 4) is 5.75 Å². The number of aliphatic imine (C=N–C) groups is 1. The van der Waals surface area contributed by atoms with E-state index in [1.54, 1.807) is 13.0 Å². The molecule has 1 aliphatic rings. The van der Waals surface area contributed by atoms with Gasteiger partial charge in [0.2, 0.25) is 0 Å². The van der Waals surface area contributed by atoms with Gasteiger partial charge in [-0.1, -0.05) is 30.3 Å². The normalized spacial score (nSPS) is 15.0. The predicted molar refractivity (Wildman–Crippen MR) is 122 cm³/mol. The summed E-state index contributed by atoms with van der Waals surface area (Å²) in [4.78, 5) is 6.99. The SMILES string of the molecule is CCNC(=NCc1ccc(F)c(C)c1)NCc1ccccc1OCCN1CCOCC1. The fourth-order valence-corrected chi connectivity index (χ4v) is 3.40. The van der Waals surface area contributed by atoms with Gasteiger partial charge in [-0.25, -0.2) is 9.38 Å². The third-order valence-corrected chi connectivity index (χ3v) is 5.17. The Bertz CT molecular complexity index is 853. The second-order valence-electron chi connectivity index (χ2n) is 7.54.